The summed E-state index contributed by atoms with van der Waals surface area (Å²) >= 11 is 1.74. The van der Waals surface area contributed by atoms with Crippen molar-refractivity contribution < 1.29 is 4.79 Å². The first kappa shape index (κ1) is 16.8. The van der Waals surface area contributed by atoms with Crippen molar-refractivity contribution in [2.24, 2.45) is 11.7 Å². The van der Waals surface area contributed by atoms with E-state index in [9.17, 15) is 4.79 Å². The van der Waals surface area contributed by atoms with Crippen molar-refractivity contribution in [3.05, 3.63) is 0 Å². The number of hydrogen-bond acceptors (Lipinski definition) is 3. The largest absolute Gasteiger partial charge is 0.341 e. The molecule has 2 N–H and O–H groups in total. The summed E-state index contributed by atoms with van der Waals surface area (Å²) in [7, 11) is 0. The molecule has 0 bridgehead atoms. The second-order valence-corrected chi connectivity index (χ2v) is 5.43. The molecule has 1 amide bonds. The van der Waals surface area contributed by atoms with E-state index in [-0.39, 0.29) is 11.9 Å². The van der Waals surface area contributed by atoms with Gasteiger partial charge in [-0.05, 0) is 31.3 Å². The molecule has 0 rings (SSSR count). The van der Waals surface area contributed by atoms with Gasteiger partial charge in [-0.3, -0.25) is 4.79 Å². The first-order chi connectivity index (χ1) is 8.10. The number of nitrogens with two attached hydrogens (primary N) is 1. The summed E-state index contributed by atoms with van der Waals surface area (Å²) in [5.74, 6) is 1.68. The van der Waals surface area contributed by atoms with Crippen LogP contribution in [0.4, 0.5) is 0 Å². The Balaban J connectivity index is 4.28. The highest BCUT2D eigenvalue weighted by Gasteiger charge is 2.21. The van der Waals surface area contributed by atoms with Gasteiger partial charge in [0.1, 0.15) is 0 Å². The van der Waals surface area contributed by atoms with Gasteiger partial charge < -0.3 is 10.6 Å². The number of carbonyl (C=O) groups is 1. The van der Waals surface area contributed by atoms with Gasteiger partial charge in [0, 0.05) is 13.1 Å². The lowest BCUT2D eigenvalue weighted by Crippen LogP contribution is -2.45. The fourth-order valence-electron chi connectivity index (χ4n) is 1.84. The minimum absolute atomic E-state index is 0.119. The molecule has 102 valence electrons. The third-order valence-corrected chi connectivity index (χ3v) is 3.92. The van der Waals surface area contributed by atoms with E-state index in [1.165, 1.54) is 0 Å². The molecule has 1 atom stereocenters. The normalized spacial score (nSPS) is 12.8. The molecule has 0 aromatic carbocycles. The summed E-state index contributed by atoms with van der Waals surface area (Å²) in [5, 5.41) is 0. The zero-order valence-corrected chi connectivity index (χ0v) is 12.6. The molecule has 0 saturated heterocycles. The van der Waals surface area contributed by atoms with E-state index in [1.807, 2.05) is 18.1 Å². The van der Waals surface area contributed by atoms with Gasteiger partial charge in [-0.1, -0.05) is 26.7 Å². The van der Waals surface area contributed by atoms with Crippen LogP contribution in [0.5, 0.6) is 0 Å². The van der Waals surface area contributed by atoms with Crippen molar-refractivity contribution in [2.75, 3.05) is 25.1 Å². The second-order valence-electron chi connectivity index (χ2n) is 4.45. The molecule has 4 heteroatoms. The fourth-order valence-corrected chi connectivity index (χ4v) is 2.33. The van der Waals surface area contributed by atoms with Crippen molar-refractivity contribution in [2.45, 2.75) is 46.1 Å². The molecule has 0 aliphatic heterocycles. The average Bonchev–Trinajstić information content (AvgIpc) is 2.36. The van der Waals surface area contributed by atoms with Crippen LogP contribution in [0.15, 0.2) is 0 Å². The van der Waals surface area contributed by atoms with Crippen LogP contribution in [-0.4, -0.2) is 41.9 Å². The van der Waals surface area contributed by atoms with E-state index in [0.717, 1.165) is 38.1 Å². The first-order valence-corrected chi connectivity index (χ1v) is 8.03. The lowest BCUT2D eigenvalue weighted by Gasteiger charge is -2.27. The van der Waals surface area contributed by atoms with E-state index in [0.29, 0.717) is 5.92 Å². The van der Waals surface area contributed by atoms with Crippen molar-refractivity contribution in [3.8, 4) is 0 Å². The quantitative estimate of drug-likeness (QED) is 0.692. The zero-order chi connectivity index (χ0) is 13.3. The second kappa shape index (κ2) is 9.77. The lowest BCUT2D eigenvalue weighted by molar-refractivity contribution is -0.133. The van der Waals surface area contributed by atoms with Crippen LogP contribution < -0.4 is 5.73 Å². The van der Waals surface area contributed by atoms with Crippen LogP contribution in [0.25, 0.3) is 0 Å². The molecule has 3 nitrogen and oxygen atoms in total. The van der Waals surface area contributed by atoms with Gasteiger partial charge in [-0.15, -0.1) is 0 Å². The highest BCUT2D eigenvalue weighted by atomic mass is 32.2. The molecular formula is C13H28N2OS. The van der Waals surface area contributed by atoms with Crippen LogP contribution in [-0.2, 0) is 4.79 Å². The molecule has 0 fully saturated rings. The number of thioether (sulfide) groups is 1. The molecule has 17 heavy (non-hydrogen) atoms. The van der Waals surface area contributed by atoms with Crippen LogP contribution in [0.2, 0.25) is 0 Å². The number of carbonyl (C=O) groups excluding carboxylic acids is 1. The minimum atomic E-state index is -0.322. The number of hydrogen-bond donors (Lipinski definition) is 1. The molecule has 0 aliphatic rings. The zero-order valence-electron chi connectivity index (χ0n) is 11.7. The average molecular weight is 260 g/mol. The minimum Gasteiger partial charge on any atom is -0.341 e. The van der Waals surface area contributed by atoms with Crippen LogP contribution in [0.3, 0.4) is 0 Å². The Hall–Kier alpha value is -0.220. The summed E-state index contributed by atoms with van der Waals surface area (Å²) in [6, 6.07) is -0.322. The highest BCUT2D eigenvalue weighted by Crippen LogP contribution is 2.11. The summed E-state index contributed by atoms with van der Waals surface area (Å²) in [6.45, 7) is 8.01. The number of amides is 1. The number of nitrogens with zero attached hydrogens (tertiary/aromatic N) is 1. The van der Waals surface area contributed by atoms with Gasteiger partial charge in [0.25, 0.3) is 0 Å². The van der Waals surface area contributed by atoms with Gasteiger partial charge in [0.15, 0.2) is 0 Å². The maximum atomic E-state index is 12.1. The third kappa shape index (κ3) is 6.32. The molecular weight excluding hydrogens is 232 g/mol. The van der Waals surface area contributed by atoms with Crippen molar-refractivity contribution in [1.82, 2.24) is 4.90 Å². The molecule has 0 radical (unpaired) electrons. The third-order valence-electron chi connectivity index (χ3n) is 3.28. The molecule has 0 spiro atoms. The van der Waals surface area contributed by atoms with E-state index in [4.69, 9.17) is 5.73 Å². The van der Waals surface area contributed by atoms with E-state index < -0.39 is 0 Å². The molecule has 0 saturated carbocycles. The first-order valence-electron chi connectivity index (χ1n) is 6.63. The van der Waals surface area contributed by atoms with Crippen molar-refractivity contribution in [1.29, 1.82) is 0 Å². The Kier molecular flexibility index (Phi) is 9.65. The fraction of sp³-hybridized carbons (Fsp3) is 0.923. The van der Waals surface area contributed by atoms with Crippen LogP contribution in [0, 0.1) is 5.92 Å². The summed E-state index contributed by atoms with van der Waals surface area (Å²) in [4.78, 5) is 14.1. The summed E-state index contributed by atoms with van der Waals surface area (Å²) < 4.78 is 0. The smallest absolute Gasteiger partial charge is 0.239 e. The summed E-state index contributed by atoms with van der Waals surface area (Å²) in [5.41, 5.74) is 5.93. The standard InChI is InChI=1S/C13H28N2OS/c1-5-11(6-2)10-15(7-3)13(16)12(14)8-9-17-4/h11-12H,5-10,14H2,1-4H3/t12-/m0/s1. The number of rotatable bonds is 9. The Morgan fingerprint density at radius 1 is 1.29 bits per heavy atom. The van der Waals surface area contributed by atoms with Crippen LogP contribution >= 0.6 is 11.8 Å². The monoisotopic (exact) mass is 260 g/mol. The highest BCUT2D eigenvalue weighted by molar-refractivity contribution is 7.98. The van der Waals surface area contributed by atoms with Gasteiger partial charge in [-0.2, -0.15) is 11.8 Å². The van der Waals surface area contributed by atoms with Gasteiger partial charge >= 0.3 is 0 Å². The topological polar surface area (TPSA) is 46.3 Å². The lowest BCUT2D eigenvalue weighted by atomic mass is 10.0. The molecule has 0 heterocycles. The molecule has 0 aromatic rings. The van der Waals surface area contributed by atoms with E-state index >= 15 is 0 Å². The summed E-state index contributed by atoms with van der Waals surface area (Å²) in [6.07, 6.45) is 5.07. The maximum Gasteiger partial charge on any atom is 0.239 e. The molecule has 0 aromatic heterocycles. The molecule has 0 unspecified atom stereocenters. The Morgan fingerprint density at radius 2 is 1.88 bits per heavy atom. The van der Waals surface area contributed by atoms with Crippen LogP contribution in [0.1, 0.15) is 40.0 Å². The Morgan fingerprint density at radius 3 is 2.29 bits per heavy atom. The Labute approximate surface area is 111 Å². The van der Waals surface area contributed by atoms with Gasteiger partial charge in [0.2, 0.25) is 5.91 Å². The van der Waals surface area contributed by atoms with Crippen molar-refractivity contribution in [3.63, 3.8) is 0 Å². The SMILES string of the molecule is CCC(CC)CN(CC)C(=O)[C@@H](N)CCSC. The maximum absolute atomic E-state index is 12.1. The van der Waals surface area contributed by atoms with E-state index in [2.05, 4.69) is 13.8 Å². The predicted molar refractivity (Wildman–Crippen MR) is 77.3 cm³/mol. The number of likely N-dealkylation sites (N-methyl/N-ethyl adjacent to an activating group) is 1. The predicted octanol–water partition coefficient (Wildman–Crippen LogP) is 2.35. The van der Waals surface area contributed by atoms with E-state index in [1.54, 1.807) is 11.8 Å². The van der Waals surface area contributed by atoms with Gasteiger partial charge in [0.05, 0.1) is 6.04 Å². The molecule has 0 aliphatic carbocycles. The van der Waals surface area contributed by atoms with Gasteiger partial charge in [-0.25, -0.2) is 0 Å². The Bertz CT molecular complexity index is 208. The van der Waals surface area contributed by atoms with Crippen molar-refractivity contribution >= 4 is 17.7 Å².